The van der Waals surface area contributed by atoms with E-state index in [1.54, 1.807) is 48.5 Å². The quantitative estimate of drug-likeness (QED) is 0.311. The van der Waals surface area contributed by atoms with Gasteiger partial charge in [-0.3, -0.25) is 24.1 Å². The Labute approximate surface area is 156 Å². The van der Waals surface area contributed by atoms with Crippen molar-refractivity contribution >= 4 is 23.6 Å². The minimum absolute atomic E-state index is 0.000738. The second-order valence-electron chi connectivity index (χ2n) is 6.17. The van der Waals surface area contributed by atoms with Crippen molar-refractivity contribution in [2.24, 2.45) is 0 Å². The van der Waals surface area contributed by atoms with Gasteiger partial charge in [0.05, 0.1) is 24.2 Å². The zero-order chi connectivity index (χ0) is 19.2. The fourth-order valence-corrected chi connectivity index (χ4v) is 2.91. The van der Waals surface area contributed by atoms with Crippen molar-refractivity contribution in [1.82, 2.24) is 4.90 Å². The molecule has 6 heteroatoms. The maximum atomic E-state index is 12.2. The van der Waals surface area contributed by atoms with Gasteiger partial charge < -0.3 is 4.74 Å². The summed E-state index contributed by atoms with van der Waals surface area (Å²) >= 11 is 0. The van der Waals surface area contributed by atoms with Gasteiger partial charge in [-0.05, 0) is 18.6 Å². The molecule has 0 saturated carbocycles. The molecule has 0 radical (unpaired) electrons. The van der Waals surface area contributed by atoms with Crippen LogP contribution in [0.15, 0.2) is 54.6 Å². The minimum atomic E-state index is -0.471. The SMILES string of the molecule is O=C(CCC(=O)c1ccccc1)OCCCN1C(=O)c2ccccc2C1=O. The van der Waals surface area contributed by atoms with Crippen LogP contribution < -0.4 is 0 Å². The molecular formula is C21H19NO5. The highest BCUT2D eigenvalue weighted by atomic mass is 16.5. The number of esters is 1. The lowest BCUT2D eigenvalue weighted by atomic mass is 10.1. The van der Waals surface area contributed by atoms with Crippen LogP contribution in [-0.2, 0) is 9.53 Å². The van der Waals surface area contributed by atoms with Crippen LogP contribution in [0.2, 0.25) is 0 Å². The van der Waals surface area contributed by atoms with Crippen LogP contribution in [0.25, 0.3) is 0 Å². The lowest BCUT2D eigenvalue weighted by molar-refractivity contribution is -0.143. The van der Waals surface area contributed by atoms with Crippen LogP contribution in [0.4, 0.5) is 0 Å². The molecule has 1 heterocycles. The number of amides is 2. The van der Waals surface area contributed by atoms with E-state index in [0.717, 1.165) is 4.90 Å². The van der Waals surface area contributed by atoms with Gasteiger partial charge in [-0.2, -0.15) is 0 Å². The number of benzene rings is 2. The summed E-state index contributed by atoms with van der Waals surface area (Å²) in [6.07, 6.45) is 0.436. The van der Waals surface area contributed by atoms with Crippen LogP contribution in [0.1, 0.15) is 50.3 Å². The lowest BCUT2D eigenvalue weighted by Crippen LogP contribution is -2.31. The zero-order valence-corrected chi connectivity index (χ0v) is 14.7. The second kappa shape index (κ2) is 8.40. The molecule has 2 amide bonds. The van der Waals surface area contributed by atoms with Gasteiger partial charge >= 0.3 is 5.97 Å². The number of Topliss-reactive ketones (excluding diaryl/α,β-unsaturated/α-hetero) is 1. The first-order valence-corrected chi connectivity index (χ1v) is 8.77. The fourth-order valence-electron chi connectivity index (χ4n) is 2.91. The molecule has 6 nitrogen and oxygen atoms in total. The van der Waals surface area contributed by atoms with Gasteiger partial charge in [-0.25, -0.2) is 0 Å². The van der Waals surface area contributed by atoms with E-state index >= 15 is 0 Å². The summed E-state index contributed by atoms with van der Waals surface area (Å²) in [6, 6.07) is 15.4. The first-order chi connectivity index (χ1) is 13.1. The molecule has 2 aromatic carbocycles. The fraction of sp³-hybridized carbons (Fsp3) is 0.238. The van der Waals surface area contributed by atoms with E-state index in [1.807, 2.05) is 6.07 Å². The third-order valence-electron chi connectivity index (χ3n) is 4.32. The number of carbonyl (C=O) groups excluding carboxylic acids is 4. The Morgan fingerprint density at radius 1 is 0.815 bits per heavy atom. The van der Waals surface area contributed by atoms with Crippen LogP contribution in [0.3, 0.4) is 0 Å². The molecule has 0 spiro atoms. The number of hydrogen-bond donors (Lipinski definition) is 0. The van der Waals surface area contributed by atoms with E-state index in [0.29, 0.717) is 23.1 Å². The minimum Gasteiger partial charge on any atom is -0.466 e. The molecule has 138 valence electrons. The first kappa shape index (κ1) is 18.5. The smallest absolute Gasteiger partial charge is 0.306 e. The maximum absolute atomic E-state index is 12.2. The first-order valence-electron chi connectivity index (χ1n) is 8.77. The molecule has 3 rings (SSSR count). The molecule has 0 saturated heterocycles. The summed E-state index contributed by atoms with van der Waals surface area (Å²) in [6.45, 7) is 0.272. The van der Waals surface area contributed by atoms with Gasteiger partial charge in [0.15, 0.2) is 5.78 Å². The Kier molecular flexibility index (Phi) is 5.76. The highest BCUT2D eigenvalue weighted by molar-refractivity contribution is 6.21. The zero-order valence-electron chi connectivity index (χ0n) is 14.7. The molecule has 0 unspecified atom stereocenters. The molecule has 0 fully saturated rings. The van der Waals surface area contributed by atoms with Crippen molar-refractivity contribution < 1.29 is 23.9 Å². The number of ether oxygens (including phenoxy) is 1. The Bertz CT molecular complexity index is 840. The Morgan fingerprint density at radius 2 is 1.41 bits per heavy atom. The van der Waals surface area contributed by atoms with Crippen LogP contribution in [0, 0.1) is 0 Å². The van der Waals surface area contributed by atoms with Gasteiger partial charge in [-0.1, -0.05) is 42.5 Å². The van der Waals surface area contributed by atoms with E-state index in [4.69, 9.17) is 4.74 Å². The van der Waals surface area contributed by atoms with Crippen molar-refractivity contribution in [3.63, 3.8) is 0 Å². The van der Waals surface area contributed by atoms with Gasteiger partial charge in [0.25, 0.3) is 11.8 Å². The van der Waals surface area contributed by atoms with E-state index in [9.17, 15) is 19.2 Å². The average Bonchev–Trinajstić information content (AvgIpc) is 2.95. The largest absolute Gasteiger partial charge is 0.466 e. The third kappa shape index (κ3) is 4.28. The topological polar surface area (TPSA) is 80.8 Å². The van der Waals surface area contributed by atoms with E-state index in [2.05, 4.69) is 0 Å². The molecule has 0 aliphatic carbocycles. The van der Waals surface area contributed by atoms with Crippen molar-refractivity contribution in [1.29, 1.82) is 0 Å². The van der Waals surface area contributed by atoms with Gasteiger partial charge in [0.2, 0.25) is 0 Å². The van der Waals surface area contributed by atoms with Crippen LogP contribution >= 0.6 is 0 Å². The molecule has 0 bridgehead atoms. The van der Waals surface area contributed by atoms with Crippen molar-refractivity contribution in [2.75, 3.05) is 13.2 Å². The number of ketones is 1. The summed E-state index contributed by atoms with van der Waals surface area (Å²) in [5.41, 5.74) is 1.37. The van der Waals surface area contributed by atoms with E-state index in [-0.39, 0.29) is 43.6 Å². The normalized spacial score (nSPS) is 12.8. The molecule has 0 atom stereocenters. The Balaban J connectivity index is 1.38. The Morgan fingerprint density at radius 3 is 2.04 bits per heavy atom. The van der Waals surface area contributed by atoms with Gasteiger partial charge in [0, 0.05) is 18.5 Å². The molecule has 1 aliphatic rings. The molecule has 1 aliphatic heterocycles. The predicted molar refractivity (Wildman–Crippen MR) is 97.4 cm³/mol. The van der Waals surface area contributed by atoms with Crippen molar-refractivity contribution in [2.45, 2.75) is 19.3 Å². The van der Waals surface area contributed by atoms with E-state index < -0.39 is 5.97 Å². The number of imide groups is 1. The molecular weight excluding hydrogens is 346 g/mol. The van der Waals surface area contributed by atoms with Gasteiger partial charge in [-0.15, -0.1) is 0 Å². The van der Waals surface area contributed by atoms with Crippen LogP contribution in [0.5, 0.6) is 0 Å². The number of hydrogen-bond acceptors (Lipinski definition) is 5. The maximum Gasteiger partial charge on any atom is 0.306 e. The predicted octanol–water partition coefficient (Wildman–Crippen LogP) is 2.88. The second-order valence-corrected chi connectivity index (χ2v) is 6.17. The third-order valence-corrected chi connectivity index (χ3v) is 4.32. The highest BCUT2D eigenvalue weighted by Crippen LogP contribution is 2.22. The number of fused-ring (bicyclic) bond motifs is 1. The summed E-state index contributed by atoms with van der Waals surface area (Å²) < 4.78 is 5.10. The van der Waals surface area contributed by atoms with Crippen molar-refractivity contribution in [3.05, 3.63) is 71.3 Å². The molecule has 2 aromatic rings. The number of rotatable bonds is 8. The summed E-state index contributed by atoms with van der Waals surface area (Å²) in [7, 11) is 0. The average molecular weight is 365 g/mol. The van der Waals surface area contributed by atoms with Crippen molar-refractivity contribution in [3.8, 4) is 0 Å². The van der Waals surface area contributed by atoms with E-state index in [1.165, 1.54) is 0 Å². The molecule has 0 aromatic heterocycles. The molecule has 27 heavy (non-hydrogen) atoms. The number of carbonyl (C=O) groups is 4. The lowest BCUT2D eigenvalue weighted by Gasteiger charge is -2.13. The highest BCUT2D eigenvalue weighted by Gasteiger charge is 2.34. The Hall–Kier alpha value is -3.28. The molecule has 0 N–H and O–H groups in total. The summed E-state index contributed by atoms with van der Waals surface area (Å²) in [5.74, 6) is -1.23. The summed E-state index contributed by atoms with van der Waals surface area (Å²) in [4.78, 5) is 49.3. The standard InChI is InChI=1S/C21H19NO5/c23-18(15-7-2-1-3-8-15)11-12-19(24)27-14-6-13-22-20(25)16-9-4-5-10-17(16)21(22)26/h1-5,7-10H,6,11-14H2. The monoisotopic (exact) mass is 365 g/mol. The summed E-state index contributed by atoms with van der Waals surface area (Å²) in [5, 5.41) is 0. The number of nitrogens with zero attached hydrogens (tertiary/aromatic N) is 1. The van der Waals surface area contributed by atoms with Gasteiger partial charge in [0.1, 0.15) is 0 Å². The van der Waals surface area contributed by atoms with Crippen LogP contribution in [-0.4, -0.2) is 41.6 Å².